The SMILES string of the molecule is Cc1c(COc2ccc(CNC(C)(CO)CO)cc2C(F)F)cccc1-c1cccc(COc2ccc(CNC(C)(CO)CO)cc2C(F)F)c1C. The van der Waals surface area contributed by atoms with Crippen molar-refractivity contribution >= 4 is 0 Å². The van der Waals surface area contributed by atoms with E-state index in [1.54, 1.807) is 26.0 Å². The van der Waals surface area contributed by atoms with E-state index in [0.717, 1.165) is 33.4 Å². The molecule has 0 aromatic heterocycles. The Morgan fingerprint density at radius 1 is 0.577 bits per heavy atom. The molecule has 4 rings (SSSR count). The van der Waals surface area contributed by atoms with E-state index in [1.165, 1.54) is 24.3 Å². The minimum Gasteiger partial charge on any atom is -0.488 e. The van der Waals surface area contributed by atoms with Crippen molar-refractivity contribution in [3.05, 3.63) is 117 Å². The number of benzene rings is 4. The maximum atomic E-state index is 14.1. The summed E-state index contributed by atoms with van der Waals surface area (Å²) in [4.78, 5) is 0. The number of halogens is 4. The van der Waals surface area contributed by atoms with Gasteiger partial charge in [-0.3, -0.25) is 0 Å². The fourth-order valence-corrected chi connectivity index (χ4v) is 5.55. The molecule has 0 bridgehead atoms. The van der Waals surface area contributed by atoms with E-state index in [2.05, 4.69) is 10.6 Å². The smallest absolute Gasteiger partial charge is 0.267 e. The molecule has 0 aliphatic rings. The van der Waals surface area contributed by atoms with Crippen LogP contribution in [0, 0.1) is 13.8 Å². The van der Waals surface area contributed by atoms with Crippen LogP contribution in [0.15, 0.2) is 72.8 Å². The summed E-state index contributed by atoms with van der Waals surface area (Å²) >= 11 is 0. The zero-order valence-corrected chi connectivity index (χ0v) is 29.9. The Morgan fingerprint density at radius 2 is 0.942 bits per heavy atom. The summed E-state index contributed by atoms with van der Waals surface area (Å²) in [5.41, 5.74) is 3.81. The van der Waals surface area contributed by atoms with Crippen LogP contribution in [-0.4, -0.2) is 57.9 Å². The number of ether oxygens (including phenoxy) is 2. The standard InChI is InChI=1S/C40H48F4N2O6/c1-25-29(19-51-35-13-11-27(15-33(35)37(41)42)17-45-39(3,21-47)22-48)7-5-9-31(25)32-10-6-8-30(26(32)2)20-52-36-14-12-28(16-34(36)38(43)44)18-46-40(4,23-49)24-50/h5-16,37-38,45-50H,17-24H2,1-4H3. The van der Waals surface area contributed by atoms with Gasteiger partial charge >= 0.3 is 0 Å². The summed E-state index contributed by atoms with van der Waals surface area (Å²) in [6, 6.07) is 20.4. The minimum absolute atomic E-state index is 0.0348. The van der Waals surface area contributed by atoms with Gasteiger partial charge in [0, 0.05) is 13.1 Å². The Hall–Kier alpha value is -4.04. The highest BCUT2D eigenvalue weighted by Crippen LogP contribution is 2.35. The number of rotatable bonds is 19. The Kier molecular flexibility index (Phi) is 14.2. The fraction of sp³-hybridized carbons (Fsp3) is 0.400. The molecule has 0 aliphatic carbocycles. The first kappa shape index (κ1) is 40.7. The second-order valence-corrected chi connectivity index (χ2v) is 13.6. The van der Waals surface area contributed by atoms with Gasteiger partial charge in [-0.1, -0.05) is 48.5 Å². The van der Waals surface area contributed by atoms with Crippen LogP contribution in [0.2, 0.25) is 0 Å². The van der Waals surface area contributed by atoms with Crippen molar-refractivity contribution in [2.75, 3.05) is 26.4 Å². The number of aliphatic hydroxyl groups excluding tert-OH is 4. The summed E-state index contributed by atoms with van der Waals surface area (Å²) in [6.45, 7) is 6.22. The van der Waals surface area contributed by atoms with Crippen molar-refractivity contribution in [1.29, 1.82) is 0 Å². The quantitative estimate of drug-likeness (QED) is 0.0593. The number of nitrogens with one attached hydrogen (secondary N) is 2. The second-order valence-electron chi connectivity index (χ2n) is 13.6. The van der Waals surface area contributed by atoms with Gasteiger partial charge in [-0.15, -0.1) is 0 Å². The monoisotopic (exact) mass is 728 g/mol. The average molecular weight is 729 g/mol. The minimum atomic E-state index is -2.79. The first-order valence-corrected chi connectivity index (χ1v) is 17.0. The van der Waals surface area contributed by atoms with Crippen LogP contribution < -0.4 is 20.1 Å². The van der Waals surface area contributed by atoms with Crippen molar-refractivity contribution in [3.63, 3.8) is 0 Å². The van der Waals surface area contributed by atoms with Crippen molar-refractivity contribution in [3.8, 4) is 22.6 Å². The van der Waals surface area contributed by atoms with Crippen LogP contribution in [0.4, 0.5) is 17.6 Å². The highest BCUT2D eigenvalue weighted by Gasteiger charge is 2.24. The Bertz CT molecular complexity index is 1650. The lowest BCUT2D eigenvalue weighted by molar-refractivity contribution is 0.103. The van der Waals surface area contributed by atoms with Crippen LogP contribution in [0.1, 0.15) is 71.2 Å². The van der Waals surface area contributed by atoms with Gasteiger partial charge in [0.1, 0.15) is 24.7 Å². The molecule has 0 spiro atoms. The molecular weight excluding hydrogens is 680 g/mol. The van der Waals surface area contributed by atoms with E-state index >= 15 is 0 Å². The van der Waals surface area contributed by atoms with Crippen LogP contribution in [0.5, 0.6) is 11.5 Å². The molecule has 0 saturated heterocycles. The third kappa shape index (κ3) is 10.1. The predicted octanol–water partition coefficient (Wildman–Crippen LogP) is 6.67. The zero-order chi connectivity index (χ0) is 38.1. The Labute approximate surface area is 302 Å². The molecule has 0 radical (unpaired) electrons. The van der Waals surface area contributed by atoms with Crippen molar-refractivity contribution in [1.82, 2.24) is 10.6 Å². The molecule has 8 nitrogen and oxygen atoms in total. The van der Waals surface area contributed by atoms with E-state index in [0.29, 0.717) is 11.1 Å². The maximum absolute atomic E-state index is 14.1. The van der Waals surface area contributed by atoms with E-state index in [1.807, 2.05) is 50.2 Å². The number of hydrogen-bond donors (Lipinski definition) is 6. The van der Waals surface area contributed by atoms with E-state index in [4.69, 9.17) is 9.47 Å². The van der Waals surface area contributed by atoms with Gasteiger partial charge in [-0.25, -0.2) is 17.6 Å². The molecule has 4 aromatic rings. The van der Waals surface area contributed by atoms with Crippen LogP contribution in [-0.2, 0) is 26.3 Å². The molecule has 0 saturated carbocycles. The molecular formula is C40H48F4N2O6. The molecule has 0 fully saturated rings. The third-order valence-corrected chi connectivity index (χ3v) is 9.40. The predicted molar refractivity (Wildman–Crippen MR) is 192 cm³/mol. The second kappa shape index (κ2) is 18.1. The van der Waals surface area contributed by atoms with E-state index in [-0.39, 0.29) is 75.4 Å². The topological polar surface area (TPSA) is 123 Å². The number of hydrogen-bond acceptors (Lipinski definition) is 8. The van der Waals surface area contributed by atoms with Crippen LogP contribution in [0.25, 0.3) is 11.1 Å². The molecule has 0 atom stereocenters. The van der Waals surface area contributed by atoms with Gasteiger partial charge < -0.3 is 40.5 Å². The first-order valence-electron chi connectivity index (χ1n) is 17.0. The molecule has 52 heavy (non-hydrogen) atoms. The average Bonchev–Trinajstić information content (AvgIpc) is 3.15. The first-order chi connectivity index (χ1) is 24.8. The molecule has 6 N–H and O–H groups in total. The largest absolute Gasteiger partial charge is 0.488 e. The van der Waals surface area contributed by atoms with Gasteiger partial charge in [-0.05, 0) is 96.5 Å². The highest BCUT2D eigenvalue weighted by molar-refractivity contribution is 5.72. The maximum Gasteiger partial charge on any atom is 0.267 e. The van der Waals surface area contributed by atoms with Crippen LogP contribution >= 0.6 is 0 Å². The Balaban J connectivity index is 1.49. The fourth-order valence-electron chi connectivity index (χ4n) is 5.55. The molecule has 4 aromatic carbocycles. The lowest BCUT2D eigenvalue weighted by Crippen LogP contribution is -2.48. The molecule has 0 aliphatic heterocycles. The number of alkyl halides is 4. The van der Waals surface area contributed by atoms with Crippen molar-refractivity contribution < 1.29 is 47.5 Å². The lowest BCUT2D eigenvalue weighted by atomic mass is 9.92. The molecule has 0 amide bonds. The Morgan fingerprint density at radius 3 is 1.27 bits per heavy atom. The van der Waals surface area contributed by atoms with Crippen molar-refractivity contribution in [2.24, 2.45) is 0 Å². The molecule has 0 unspecified atom stereocenters. The summed E-state index contributed by atoms with van der Waals surface area (Å²) < 4.78 is 68.2. The third-order valence-electron chi connectivity index (χ3n) is 9.40. The van der Waals surface area contributed by atoms with Gasteiger partial charge in [0.25, 0.3) is 12.9 Å². The zero-order valence-electron chi connectivity index (χ0n) is 29.9. The molecule has 0 heterocycles. The lowest BCUT2D eigenvalue weighted by Gasteiger charge is -2.26. The van der Waals surface area contributed by atoms with E-state index < -0.39 is 23.9 Å². The van der Waals surface area contributed by atoms with E-state index in [9.17, 15) is 38.0 Å². The summed E-state index contributed by atoms with van der Waals surface area (Å²) in [5.74, 6) is 0.0967. The molecule has 12 heteroatoms. The normalized spacial score (nSPS) is 12.2. The van der Waals surface area contributed by atoms with Crippen molar-refractivity contribution in [2.45, 2.75) is 77.9 Å². The van der Waals surface area contributed by atoms with Gasteiger partial charge in [0.05, 0.1) is 48.6 Å². The number of aliphatic hydroxyl groups is 4. The van der Waals surface area contributed by atoms with Gasteiger partial charge in [0.15, 0.2) is 0 Å². The van der Waals surface area contributed by atoms with Gasteiger partial charge in [-0.2, -0.15) is 0 Å². The summed E-state index contributed by atoms with van der Waals surface area (Å²) in [7, 11) is 0. The van der Waals surface area contributed by atoms with Crippen LogP contribution in [0.3, 0.4) is 0 Å². The van der Waals surface area contributed by atoms with Gasteiger partial charge in [0.2, 0.25) is 0 Å². The highest BCUT2D eigenvalue weighted by atomic mass is 19.3. The summed E-state index contributed by atoms with van der Waals surface area (Å²) in [5, 5.41) is 44.0. The summed E-state index contributed by atoms with van der Waals surface area (Å²) in [6.07, 6.45) is -5.58. The molecule has 282 valence electrons.